The van der Waals surface area contributed by atoms with Gasteiger partial charge in [-0.05, 0) is 0 Å². The molecule has 0 aliphatic carbocycles. The van der Waals surface area contributed by atoms with Crippen LogP contribution in [0.1, 0.15) is 2.85 Å². The fraction of sp³-hybridized carbons (Fsp3) is 0.333. The van der Waals surface area contributed by atoms with Crippen molar-refractivity contribution in [1.29, 1.82) is 0 Å². The number of allylic oxidation sites excluding steroid dienone is 1. The van der Waals surface area contributed by atoms with Gasteiger partial charge in [0.15, 0.2) is 0 Å². The summed E-state index contributed by atoms with van der Waals surface area (Å²) >= 11 is 2.92. The van der Waals surface area contributed by atoms with E-state index in [-0.39, 0.29) is 2.85 Å². The molecule has 0 saturated heterocycles. The van der Waals surface area contributed by atoms with Gasteiger partial charge in [0.1, 0.15) is 0 Å². The average molecular weight is 150 g/mol. The maximum absolute atomic E-state index is 3.44. The molecule has 0 atom stereocenters. The Morgan fingerprint density at radius 2 is 2.50 bits per heavy atom. The Labute approximate surface area is 40.3 Å². The second-order valence-electron chi connectivity index (χ2n) is 0.418. The third-order valence-electron chi connectivity index (χ3n) is 0.0913. The molecule has 0 amide bonds. The zero-order valence-electron chi connectivity index (χ0n) is 4.31. The maximum Gasteiger partial charge on any atom is -1.00 e. The van der Waals surface area contributed by atoms with Gasteiger partial charge in [0, 0.05) is 0 Å². The molecule has 0 bridgehead atoms. The number of rotatable bonds is 1. The van der Waals surface area contributed by atoms with Gasteiger partial charge in [-0.15, -0.1) is 0 Å². The standard InChI is InChI=1S/C3H5.Pd.2H/c1-3-2;;;/h3H,1-2H2;;;/q;;2*-1. The van der Waals surface area contributed by atoms with Crippen LogP contribution >= 0.6 is 0 Å². The van der Waals surface area contributed by atoms with Crippen molar-refractivity contribution in [1.82, 2.24) is 0 Å². The van der Waals surface area contributed by atoms with Gasteiger partial charge < -0.3 is 2.85 Å². The van der Waals surface area contributed by atoms with Crippen molar-refractivity contribution in [3.63, 3.8) is 0 Å². The van der Waals surface area contributed by atoms with E-state index >= 15 is 0 Å². The van der Waals surface area contributed by atoms with E-state index in [2.05, 4.69) is 25.8 Å². The van der Waals surface area contributed by atoms with Crippen LogP contribution in [0.2, 0.25) is 4.89 Å². The Balaban J connectivity index is -0.0000000450. The Bertz CT molecular complexity index is 22.8. The summed E-state index contributed by atoms with van der Waals surface area (Å²) in [7, 11) is 0. The van der Waals surface area contributed by atoms with E-state index in [0.29, 0.717) is 0 Å². The minimum Gasteiger partial charge on any atom is -1.00 e. The summed E-state index contributed by atoms with van der Waals surface area (Å²) in [6.07, 6.45) is 1.81. The third kappa shape index (κ3) is 2.40. The van der Waals surface area contributed by atoms with Crippen molar-refractivity contribution < 1.29 is 22.1 Å². The molecule has 0 fully saturated rings. The van der Waals surface area contributed by atoms with E-state index in [4.69, 9.17) is 0 Å². The Kier molecular flexibility index (Phi) is 3.74. The quantitative estimate of drug-likeness (QED) is 0.390. The molecule has 0 aromatic rings. The van der Waals surface area contributed by atoms with Gasteiger partial charge in [-0.2, -0.15) is 0 Å². The monoisotopic (exact) mass is 149 g/mol. The number of hydrogen-bond donors (Lipinski definition) is 0. The molecule has 4 heavy (non-hydrogen) atoms. The van der Waals surface area contributed by atoms with Crippen LogP contribution in [-0.2, 0) is 19.2 Å². The largest absolute Gasteiger partial charge is 1.00 e. The SMILES string of the molecule is C=C[CH2][Pd].[H-].[H-]. The topological polar surface area (TPSA) is 0 Å². The summed E-state index contributed by atoms with van der Waals surface area (Å²) in [5.74, 6) is 0. The predicted molar refractivity (Wildman–Crippen MR) is 17.2 cm³/mol. The molecular formula is C3H7Pd-2. The van der Waals surface area contributed by atoms with Crippen molar-refractivity contribution in [2.75, 3.05) is 0 Å². The normalized spacial score (nSPS) is 6.50. The number of hydrogen-bond acceptors (Lipinski definition) is 0. The molecule has 0 radical (unpaired) electrons. The van der Waals surface area contributed by atoms with Gasteiger partial charge in [-0.25, -0.2) is 0 Å². The first-order chi connectivity index (χ1) is 1.91. The van der Waals surface area contributed by atoms with Crippen molar-refractivity contribution >= 4 is 0 Å². The van der Waals surface area contributed by atoms with Crippen molar-refractivity contribution in [2.45, 2.75) is 4.89 Å². The molecule has 0 heterocycles. The molecule has 31 valence electrons. The van der Waals surface area contributed by atoms with Gasteiger partial charge in [-0.3, -0.25) is 0 Å². The van der Waals surface area contributed by atoms with E-state index < -0.39 is 0 Å². The van der Waals surface area contributed by atoms with Crippen LogP contribution in [-0.4, -0.2) is 0 Å². The molecule has 0 aromatic heterocycles. The van der Waals surface area contributed by atoms with Crippen LogP contribution in [0, 0.1) is 0 Å². The van der Waals surface area contributed by atoms with Crippen LogP contribution in [0.4, 0.5) is 0 Å². The predicted octanol–water partition coefficient (Wildman–Crippen LogP) is 1.36. The van der Waals surface area contributed by atoms with Crippen molar-refractivity contribution in [3.05, 3.63) is 12.7 Å². The van der Waals surface area contributed by atoms with Crippen molar-refractivity contribution in [3.8, 4) is 0 Å². The fourth-order valence-corrected chi connectivity index (χ4v) is 0. The van der Waals surface area contributed by atoms with E-state index in [1.165, 1.54) is 0 Å². The van der Waals surface area contributed by atoms with Crippen LogP contribution in [0.15, 0.2) is 12.7 Å². The zero-order chi connectivity index (χ0) is 3.41. The Morgan fingerprint density at radius 3 is 2.50 bits per heavy atom. The molecule has 0 aromatic carbocycles. The molecule has 0 aliphatic heterocycles. The second-order valence-corrected chi connectivity index (χ2v) is 1.05. The molecular weight excluding hydrogens is 142 g/mol. The summed E-state index contributed by atoms with van der Waals surface area (Å²) in [4.78, 5) is 0.933. The van der Waals surface area contributed by atoms with Gasteiger partial charge in [-0.1, -0.05) is 0 Å². The molecule has 0 rings (SSSR count). The Morgan fingerprint density at radius 1 is 2.25 bits per heavy atom. The third-order valence-corrected chi connectivity index (χ3v) is 0.540. The van der Waals surface area contributed by atoms with Crippen LogP contribution in [0.5, 0.6) is 0 Å². The first kappa shape index (κ1) is 4.40. The second kappa shape index (κ2) is 3.40. The average Bonchev–Trinajstić information content (AvgIpc) is 1.37. The van der Waals surface area contributed by atoms with E-state index in [0.717, 1.165) is 4.89 Å². The summed E-state index contributed by atoms with van der Waals surface area (Å²) in [5.41, 5.74) is 0. The van der Waals surface area contributed by atoms with E-state index in [1.54, 1.807) is 0 Å². The molecule has 0 spiro atoms. The summed E-state index contributed by atoms with van der Waals surface area (Å²) in [5, 5.41) is 0. The zero-order valence-corrected chi connectivity index (χ0v) is 3.86. The summed E-state index contributed by atoms with van der Waals surface area (Å²) < 4.78 is 0. The van der Waals surface area contributed by atoms with E-state index in [1.807, 2.05) is 6.08 Å². The first-order valence-electron chi connectivity index (χ1n) is 1.04. The molecule has 1 heteroatoms. The Hall–Kier alpha value is 0.402. The van der Waals surface area contributed by atoms with Crippen LogP contribution < -0.4 is 0 Å². The van der Waals surface area contributed by atoms with Gasteiger partial charge in [0.05, 0.1) is 0 Å². The molecule has 0 N–H and O–H groups in total. The molecule has 0 saturated carbocycles. The van der Waals surface area contributed by atoms with Crippen LogP contribution in [0.25, 0.3) is 0 Å². The molecule has 0 aliphatic rings. The van der Waals surface area contributed by atoms with Crippen molar-refractivity contribution in [2.24, 2.45) is 0 Å². The van der Waals surface area contributed by atoms with Gasteiger partial charge in [0.2, 0.25) is 0 Å². The summed E-state index contributed by atoms with van der Waals surface area (Å²) in [6.45, 7) is 3.44. The summed E-state index contributed by atoms with van der Waals surface area (Å²) in [6, 6.07) is 0. The smallest absolute Gasteiger partial charge is 1.00 e. The molecule has 0 unspecified atom stereocenters. The first-order valence-corrected chi connectivity index (χ1v) is 2.14. The minimum atomic E-state index is 0. The maximum atomic E-state index is 3.44. The van der Waals surface area contributed by atoms with Crippen LogP contribution in [0.3, 0.4) is 0 Å². The van der Waals surface area contributed by atoms with Gasteiger partial charge >= 0.3 is 36.8 Å². The fourth-order valence-electron chi connectivity index (χ4n) is 0. The minimum absolute atomic E-state index is 0. The van der Waals surface area contributed by atoms with E-state index in [9.17, 15) is 0 Å². The van der Waals surface area contributed by atoms with Gasteiger partial charge in [0.25, 0.3) is 0 Å². The molecule has 0 nitrogen and oxygen atoms in total.